The SMILES string of the molecule is O=C1c2nc3cc(-c4ccco4)[nH]n3c(=O)c2CN1c1ccccc1. The standard InChI is InChI=1S/C18H12N4O3/c23-17-12-10-21(11-5-2-1-3-6-11)18(24)16(12)19-15-9-13(20-22(15)17)14-7-4-8-25-14/h1-9,20H,10H2. The van der Waals surface area contributed by atoms with Gasteiger partial charge in [0.05, 0.1) is 18.4 Å². The Morgan fingerprint density at radius 1 is 1.08 bits per heavy atom. The van der Waals surface area contributed by atoms with Crippen molar-refractivity contribution in [3.05, 3.63) is 76.4 Å². The highest BCUT2D eigenvalue weighted by atomic mass is 16.3. The third kappa shape index (κ3) is 1.96. The molecule has 0 spiro atoms. The Bertz CT molecular complexity index is 1160. The van der Waals surface area contributed by atoms with E-state index >= 15 is 0 Å². The summed E-state index contributed by atoms with van der Waals surface area (Å²) in [6, 6.07) is 14.5. The summed E-state index contributed by atoms with van der Waals surface area (Å²) in [6.45, 7) is 0.210. The van der Waals surface area contributed by atoms with E-state index in [-0.39, 0.29) is 23.7 Å². The van der Waals surface area contributed by atoms with Crippen LogP contribution in [0.25, 0.3) is 17.1 Å². The lowest BCUT2D eigenvalue weighted by Crippen LogP contribution is -2.23. The number of carbonyl (C=O) groups is 1. The van der Waals surface area contributed by atoms with Gasteiger partial charge in [-0.25, -0.2) is 9.50 Å². The molecule has 4 heterocycles. The smallest absolute Gasteiger partial charge is 0.278 e. The molecule has 7 nitrogen and oxygen atoms in total. The normalized spacial score (nSPS) is 13.6. The maximum absolute atomic E-state index is 12.8. The van der Waals surface area contributed by atoms with Crippen molar-refractivity contribution in [3.63, 3.8) is 0 Å². The number of fused-ring (bicyclic) bond motifs is 2. The number of amides is 1. The molecule has 1 N–H and O–H groups in total. The number of para-hydroxylation sites is 1. The van der Waals surface area contributed by atoms with Crippen molar-refractivity contribution in [3.8, 4) is 11.5 Å². The molecule has 0 radical (unpaired) electrons. The summed E-state index contributed by atoms with van der Waals surface area (Å²) in [5.74, 6) is 0.337. The number of H-pyrrole nitrogens is 1. The van der Waals surface area contributed by atoms with Crippen molar-refractivity contribution >= 4 is 17.2 Å². The second kappa shape index (κ2) is 4.94. The van der Waals surface area contributed by atoms with Crippen LogP contribution in [0.1, 0.15) is 16.1 Å². The van der Waals surface area contributed by atoms with Crippen molar-refractivity contribution in [1.82, 2.24) is 14.6 Å². The summed E-state index contributed by atoms with van der Waals surface area (Å²) in [5, 5.41) is 2.98. The van der Waals surface area contributed by atoms with Crippen LogP contribution in [0.15, 0.2) is 64.0 Å². The Morgan fingerprint density at radius 2 is 1.92 bits per heavy atom. The van der Waals surface area contributed by atoms with Crippen LogP contribution >= 0.6 is 0 Å². The van der Waals surface area contributed by atoms with Gasteiger partial charge in [0, 0.05) is 11.8 Å². The van der Waals surface area contributed by atoms with Crippen molar-refractivity contribution in [2.24, 2.45) is 0 Å². The van der Waals surface area contributed by atoms with Crippen LogP contribution in [0.4, 0.5) is 5.69 Å². The summed E-state index contributed by atoms with van der Waals surface area (Å²) in [5.41, 5.74) is 2.08. The van der Waals surface area contributed by atoms with Crippen LogP contribution in [0.3, 0.4) is 0 Å². The highest BCUT2D eigenvalue weighted by molar-refractivity contribution is 6.08. The van der Waals surface area contributed by atoms with Gasteiger partial charge in [-0.15, -0.1) is 0 Å². The molecule has 1 aliphatic rings. The maximum atomic E-state index is 12.8. The number of carbonyl (C=O) groups excluding carboxylic acids is 1. The van der Waals surface area contributed by atoms with E-state index in [4.69, 9.17) is 4.42 Å². The fourth-order valence-corrected chi connectivity index (χ4v) is 3.11. The second-order valence-electron chi connectivity index (χ2n) is 5.81. The van der Waals surface area contributed by atoms with Gasteiger partial charge in [-0.05, 0) is 24.3 Å². The van der Waals surface area contributed by atoms with Gasteiger partial charge < -0.3 is 9.32 Å². The summed E-state index contributed by atoms with van der Waals surface area (Å²) in [6.07, 6.45) is 1.55. The van der Waals surface area contributed by atoms with Crippen LogP contribution in [0.5, 0.6) is 0 Å². The molecule has 0 saturated heterocycles. The maximum Gasteiger partial charge on any atom is 0.278 e. The van der Waals surface area contributed by atoms with Crippen molar-refractivity contribution in [2.45, 2.75) is 6.54 Å². The first kappa shape index (κ1) is 13.8. The van der Waals surface area contributed by atoms with E-state index in [9.17, 15) is 9.59 Å². The van der Waals surface area contributed by atoms with Crippen molar-refractivity contribution in [1.29, 1.82) is 0 Å². The van der Waals surface area contributed by atoms with E-state index < -0.39 is 0 Å². The van der Waals surface area contributed by atoms with Crippen molar-refractivity contribution < 1.29 is 9.21 Å². The molecule has 1 amide bonds. The summed E-state index contributed by atoms with van der Waals surface area (Å²) in [7, 11) is 0. The van der Waals surface area contributed by atoms with Gasteiger partial charge in [-0.1, -0.05) is 18.2 Å². The van der Waals surface area contributed by atoms with Crippen molar-refractivity contribution in [2.75, 3.05) is 4.90 Å². The molecule has 0 unspecified atom stereocenters. The Labute approximate surface area is 141 Å². The number of aromatic nitrogens is 3. The quantitative estimate of drug-likeness (QED) is 0.611. The minimum Gasteiger partial charge on any atom is -0.463 e. The van der Waals surface area contributed by atoms with Gasteiger partial charge in [0.2, 0.25) is 0 Å². The molecule has 4 aromatic rings. The Morgan fingerprint density at radius 3 is 2.68 bits per heavy atom. The molecule has 7 heteroatoms. The first-order valence-corrected chi connectivity index (χ1v) is 7.78. The monoisotopic (exact) mass is 332 g/mol. The fourth-order valence-electron chi connectivity index (χ4n) is 3.11. The number of rotatable bonds is 2. The average Bonchev–Trinajstić information content (AvgIpc) is 3.35. The summed E-state index contributed by atoms with van der Waals surface area (Å²) < 4.78 is 6.68. The zero-order valence-electron chi connectivity index (χ0n) is 13.0. The molecular weight excluding hydrogens is 320 g/mol. The van der Waals surface area contributed by atoms with E-state index in [2.05, 4.69) is 10.1 Å². The minimum atomic E-state index is -0.274. The van der Waals surface area contributed by atoms with Crippen LogP contribution < -0.4 is 10.5 Å². The first-order chi connectivity index (χ1) is 12.2. The van der Waals surface area contributed by atoms with E-state index in [1.807, 2.05) is 30.3 Å². The third-order valence-corrected chi connectivity index (χ3v) is 4.33. The molecule has 1 aliphatic heterocycles. The van der Waals surface area contributed by atoms with Gasteiger partial charge in [0.25, 0.3) is 11.5 Å². The van der Waals surface area contributed by atoms with E-state index in [1.165, 1.54) is 4.52 Å². The molecule has 25 heavy (non-hydrogen) atoms. The van der Waals surface area contributed by atoms with Crippen LogP contribution in [-0.2, 0) is 6.54 Å². The zero-order valence-corrected chi connectivity index (χ0v) is 13.0. The minimum absolute atomic E-state index is 0.207. The molecule has 0 atom stereocenters. The molecular formula is C18H12N4O3. The van der Waals surface area contributed by atoms with Gasteiger partial charge in [0.1, 0.15) is 11.4 Å². The largest absolute Gasteiger partial charge is 0.463 e. The number of benzene rings is 1. The molecule has 5 rings (SSSR count). The highest BCUT2D eigenvalue weighted by Gasteiger charge is 2.33. The fraction of sp³-hybridized carbons (Fsp3) is 0.0556. The topological polar surface area (TPSA) is 83.6 Å². The van der Waals surface area contributed by atoms with Crippen LogP contribution in [-0.4, -0.2) is 20.5 Å². The summed E-state index contributed by atoms with van der Waals surface area (Å²) >= 11 is 0. The molecule has 0 saturated carbocycles. The predicted octanol–water partition coefficient (Wildman–Crippen LogP) is 2.44. The average molecular weight is 332 g/mol. The zero-order chi connectivity index (χ0) is 17.0. The molecule has 122 valence electrons. The number of aromatic amines is 1. The lowest BCUT2D eigenvalue weighted by molar-refractivity contribution is 0.0992. The molecule has 0 bridgehead atoms. The lowest BCUT2D eigenvalue weighted by Gasteiger charge is -2.14. The van der Waals surface area contributed by atoms with Gasteiger partial charge in [-0.3, -0.25) is 14.7 Å². The molecule has 3 aromatic heterocycles. The lowest BCUT2D eigenvalue weighted by atomic mass is 10.2. The third-order valence-electron chi connectivity index (χ3n) is 4.33. The number of hydrogen-bond acceptors (Lipinski definition) is 4. The van der Waals surface area contributed by atoms with Gasteiger partial charge in [-0.2, -0.15) is 0 Å². The summed E-state index contributed by atoms with van der Waals surface area (Å²) in [4.78, 5) is 31.5. The van der Waals surface area contributed by atoms with Crippen LogP contribution in [0.2, 0.25) is 0 Å². The number of hydrogen-bond donors (Lipinski definition) is 1. The number of furan rings is 1. The first-order valence-electron chi connectivity index (χ1n) is 7.78. The number of anilines is 1. The Hall–Kier alpha value is -3.61. The Kier molecular flexibility index (Phi) is 2.73. The molecule has 1 aromatic carbocycles. The molecule has 0 aliphatic carbocycles. The van der Waals surface area contributed by atoms with E-state index in [1.54, 1.807) is 29.4 Å². The predicted molar refractivity (Wildman–Crippen MR) is 90.5 cm³/mol. The van der Waals surface area contributed by atoms with E-state index in [0.29, 0.717) is 22.7 Å². The van der Waals surface area contributed by atoms with Gasteiger partial charge >= 0.3 is 0 Å². The van der Waals surface area contributed by atoms with E-state index in [0.717, 1.165) is 5.69 Å². The number of nitrogens with one attached hydrogen (secondary N) is 1. The highest BCUT2D eigenvalue weighted by Crippen LogP contribution is 2.26. The van der Waals surface area contributed by atoms with Gasteiger partial charge in [0.15, 0.2) is 11.4 Å². The number of nitrogens with zero attached hydrogens (tertiary/aromatic N) is 3. The second-order valence-corrected chi connectivity index (χ2v) is 5.81. The Balaban J connectivity index is 1.65. The van der Waals surface area contributed by atoms with Crippen LogP contribution in [0, 0.1) is 0 Å². The molecule has 0 fully saturated rings.